The predicted molar refractivity (Wildman–Crippen MR) is 91.3 cm³/mol. The molecule has 0 unspecified atom stereocenters. The number of methoxy groups -OCH3 is 1. The Kier molecular flexibility index (Phi) is 3.30. The highest BCUT2D eigenvalue weighted by atomic mass is 16.5. The Morgan fingerprint density at radius 3 is 2.62 bits per heavy atom. The molecule has 2 aromatic heterocycles. The van der Waals surface area contributed by atoms with Crippen molar-refractivity contribution in [3.63, 3.8) is 0 Å². The molecule has 1 fully saturated rings. The quantitative estimate of drug-likeness (QED) is 0.803. The van der Waals surface area contributed by atoms with Crippen molar-refractivity contribution < 1.29 is 9.53 Å². The standard InChI is InChI=1S/C19H19N3O2/c1-13-20-17(16-5-3-4-12-22(13)16)18(23)21-19(10-11-19)14-6-8-15(24-2)9-7-14/h3-9,12H,10-11H2,1-2H3,(H,21,23). The van der Waals surface area contributed by atoms with Crippen molar-refractivity contribution in [1.29, 1.82) is 0 Å². The minimum absolute atomic E-state index is 0.125. The Morgan fingerprint density at radius 2 is 1.96 bits per heavy atom. The van der Waals surface area contributed by atoms with Crippen molar-refractivity contribution in [3.8, 4) is 5.75 Å². The summed E-state index contributed by atoms with van der Waals surface area (Å²) in [6, 6.07) is 13.7. The van der Waals surface area contributed by atoms with Gasteiger partial charge in [-0.2, -0.15) is 0 Å². The van der Waals surface area contributed by atoms with Crippen LogP contribution in [0, 0.1) is 6.92 Å². The van der Waals surface area contributed by atoms with Crippen molar-refractivity contribution in [3.05, 3.63) is 65.7 Å². The number of rotatable bonds is 4. The number of amides is 1. The average molecular weight is 321 g/mol. The first-order valence-corrected chi connectivity index (χ1v) is 8.04. The van der Waals surface area contributed by atoms with Crippen LogP contribution in [0.15, 0.2) is 48.7 Å². The fourth-order valence-electron chi connectivity index (χ4n) is 3.16. The molecule has 1 aromatic carbocycles. The van der Waals surface area contributed by atoms with Gasteiger partial charge in [0, 0.05) is 6.20 Å². The van der Waals surface area contributed by atoms with E-state index in [0.29, 0.717) is 5.69 Å². The second-order valence-electron chi connectivity index (χ2n) is 6.23. The first-order chi connectivity index (χ1) is 11.6. The normalized spacial score (nSPS) is 15.2. The molecule has 0 saturated heterocycles. The molecular weight excluding hydrogens is 302 g/mol. The van der Waals surface area contributed by atoms with Crippen LogP contribution in [0.2, 0.25) is 0 Å². The zero-order valence-electron chi connectivity index (χ0n) is 13.7. The number of carbonyl (C=O) groups is 1. The summed E-state index contributed by atoms with van der Waals surface area (Å²) in [6.45, 7) is 1.90. The predicted octanol–water partition coefficient (Wildman–Crippen LogP) is 3.07. The van der Waals surface area contributed by atoms with Crippen LogP contribution in [0.1, 0.15) is 34.7 Å². The number of nitrogens with one attached hydrogen (secondary N) is 1. The first-order valence-electron chi connectivity index (χ1n) is 8.04. The van der Waals surface area contributed by atoms with E-state index in [9.17, 15) is 4.79 Å². The molecule has 122 valence electrons. The van der Waals surface area contributed by atoms with Crippen LogP contribution < -0.4 is 10.1 Å². The smallest absolute Gasteiger partial charge is 0.272 e. The number of carbonyl (C=O) groups excluding carboxylic acids is 1. The van der Waals surface area contributed by atoms with Gasteiger partial charge in [-0.25, -0.2) is 4.98 Å². The summed E-state index contributed by atoms with van der Waals surface area (Å²) in [5.41, 5.74) is 2.14. The molecular formula is C19H19N3O2. The molecule has 1 amide bonds. The van der Waals surface area contributed by atoms with Gasteiger partial charge in [0.15, 0.2) is 5.69 Å². The van der Waals surface area contributed by atoms with Gasteiger partial charge in [0.1, 0.15) is 11.6 Å². The molecule has 1 saturated carbocycles. The number of aryl methyl sites for hydroxylation is 1. The summed E-state index contributed by atoms with van der Waals surface area (Å²) < 4.78 is 7.14. The van der Waals surface area contributed by atoms with Crippen LogP contribution in [-0.4, -0.2) is 22.4 Å². The average Bonchev–Trinajstić information content (AvgIpc) is 3.32. The lowest BCUT2D eigenvalue weighted by atomic mass is 10.0. The van der Waals surface area contributed by atoms with Crippen LogP contribution in [0.3, 0.4) is 0 Å². The summed E-state index contributed by atoms with van der Waals surface area (Å²) in [5, 5.41) is 3.19. The van der Waals surface area contributed by atoms with E-state index in [1.807, 2.05) is 60.0 Å². The number of benzene rings is 1. The molecule has 0 spiro atoms. The van der Waals surface area contributed by atoms with E-state index in [4.69, 9.17) is 4.74 Å². The molecule has 4 rings (SSSR count). The molecule has 0 atom stereocenters. The summed E-state index contributed by atoms with van der Waals surface area (Å²) >= 11 is 0. The maximum Gasteiger partial charge on any atom is 0.272 e. The van der Waals surface area contributed by atoms with Gasteiger partial charge in [0.05, 0.1) is 18.2 Å². The van der Waals surface area contributed by atoms with Crippen LogP contribution in [0.4, 0.5) is 0 Å². The molecule has 5 heteroatoms. The monoisotopic (exact) mass is 321 g/mol. The summed E-state index contributed by atoms with van der Waals surface area (Å²) in [7, 11) is 1.65. The molecule has 0 radical (unpaired) electrons. The van der Waals surface area contributed by atoms with E-state index in [0.717, 1.165) is 35.5 Å². The maximum absolute atomic E-state index is 12.8. The van der Waals surface area contributed by atoms with Crippen LogP contribution in [0.5, 0.6) is 5.75 Å². The zero-order chi connectivity index (χ0) is 16.7. The summed E-state index contributed by atoms with van der Waals surface area (Å²) in [5.74, 6) is 1.50. The van der Waals surface area contributed by atoms with E-state index in [-0.39, 0.29) is 11.4 Å². The fraction of sp³-hybridized carbons (Fsp3) is 0.263. The highest BCUT2D eigenvalue weighted by Crippen LogP contribution is 2.46. The van der Waals surface area contributed by atoms with Crippen LogP contribution >= 0.6 is 0 Å². The number of imidazole rings is 1. The van der Waals surface area contributed by atoms with Gasteiger partial charge in [0.2, 0.25) is 0 Å². The molecule has 1 aliphatic rings. The molecule has 1 aliphatic carbocycles. The molecule has 24 heavy (non-hydrogen) atoms. The first kappa shape index (κ1) is 14.8. The number of fused-ring (bicyclic) bond motifs is 1. The van der Waals surface area contributed by atoms with Gasteiger partial charge < -0.3 is 14.5 Å². The number of hydrogen-bond acceptors (Lipinski definition) is 3. The zero-order valence-corrected chi connectivity index (χ0v) is 13.7. The maximum atomic E-state index is 12.8. The third-order valence-corrected chi connectivity index (χ3v) is 4.69. The molecule has 1 N–H and O–H groups in total. The van der Waals surface area contributed by atoms with Gasteiger partial charge in [-0.05, 0) is 49.6 Å². The second kappa shape index (κ2) is 5.37. The number of aromatic nitrogens is 2. The molecule has 3 aromatic rings. The van der Waals surface area contributed by atoms with Crippen molar-refractivity contribution in [2.75, 3.05) is 7.11 Å². The van der Waals surface area contributed by atoms with Crippen molar-refractivity contribution in [2.45, 2.75) is 25.3 Å². The van der Waals surface area contributed by atoms with Crippen molar-refractivity contribution in [1.82, 2.24) is 14.7 Å². The highest BCUT2D eigenvalue weighted by Gasteiger charge is 2.46. The number of nitrogens with zero attached hydrogens (tertiary/aromatic N) is 2. The van der Waals surface area contributed by atoms with Gasteiger partial charge in [-0.1, -0.05) is 18.2 Å². The third kappa shape index (κ3) is 2.33. The Labute approximate surface area is 140 Å². The Hall–Kier alpha value is -2.82. The van der Waals surface area contributed by atoms with Gasteiger partial charge in [0.25, 0.3) is 5.91 Å². The number of ether oxygens (including phenoxy) is 1. The molecule has 0 aliphatic heterocycles. The van der Waals surface area contributed by atoms with E-state index >= 15 is 0 Å². The Bertz CT molecular complexity index is 908. The van der Waals surface area contributed by atoms with E-state index < -0.39 is 0 Å². The lowest BCUT2D eigenvalue weighted by Crippen LogP contribution is -2.35. The van der Waals surface area contributed by atoms with Crippen LogP contribution in [-0.2, 0) is 5.54 Å². The third-order valence-electron chi connectivity index (χ3n) is 4.69. The summed E-state index contributed by atoms with van der Waals surface area (Å²) in [6.07, 6.45) is 3.80. The molecule has 0 bridgehead atoms. The van der Waals surface area contributed by atoms with Gasteiger partial charge in [-0.15, -0.1) is 0 Å². The van der Waals surface area contributed by atoms with E-state index in [2.05, 4.69) is 10.3 Å². The van der Waals surface area contributed by atoms with Crippen molar-refractivity contribution in [2.24, 2.45) is 0 Å². The largest absolute Gasteiger partial charge is 0.497 e. The molecule has 2 heterocycles. The summed E-state index contributed by atoms with van der Waals surface area (Å²) in [4.78, 5) is 17.3. The Morgan fingerprint density at radius 1 is 1.21 bits per heavy atom. The topological polar surface area (TPSA) is 55.6 Å². The number of pyridine rings is 1. The van der Waals surface area contributed by atoms with Crippen molar-refractivity contribution >= 4 is 11.4 Å². The Balaban J connectivity index is 1.63. The van der Waals surface area contributed by atoms with E-state index in [1.165, 1.54) is 0 Å². The lowest BCUT2D eigenvalue weighted by molar-refractivity contribution is 0.0928. The van der Waals surface area contributed by atoms with Gasteiger partial charge >= 0.3 is 0 Å². The minimum atomic E-state index is -0.276. The highest BCUT2D eigenvalue weighted by molar-refractivity contribution is 5.99. The van der Waals surface area contributed by atoms with E-state index in [1.54, 1.807) is 7.11 Å². The fourth-order valence-corrected chi connectivity index (χ4v) is 3.16. The SMILES string of the molecule is COc1ccc(C2(NC(=O)c3nc(C)n4ccccc34)CC2)cc1. The minimum Gasteiger partial charge on any atom is -0.497 e. The van der Waals surface area contributed by atoms with Crippen LogP contribution in [0.25, 0.3) is 5.52 Å². The lowest BCUT2D eigenvalue weighted by Gasteiger charge is -2.17. The number of hydrogen-bond donors (Lipinski definition) is 1. The molecule has 5 nitrogen and oxygen atoms in total. The van der Waals surface area contributed by atoms with Gasteiger partial charge in [-0.3, -0.25) is 4.79 Å². The second-order valence-corrected chi connectivity index (χ2v) is 6.23.